The van der Waals surface area contributed by atoms with Crippen LogP contribution in [0.3, 0.4) is 0 Å². The van der Waals surface area contributed by atoms with E-state index in [0.29, 0.717) is 5.69 Å². The third kappa shape index (κ3) is 2.26. The number of nitrogens with zero attached hydrogens (tertiary/aromatic N) is 1. The summed E-state index contributed by atoms with van der Waals surface area (Å²) >= 11 is 2.96. The van der Waals surface area contributed by atoms with Gasteiger partial charge in [-0.15, -0.1) is 0 Å². The zero-order valence-corrected chi connectivity index (χ0v) is 13.0. The van der Waals surface area contributed by atoms with Gasteiger partial charge >= 0.3 is 5.97 Å². The smallest absolute Gasteiger partial charge is 0.338 e. The normalized spacial score (nSPS) is 21.5. The van der Waals surface area contributed by atoms with Gasteiger partial charge in [0.25, 0.3) is 5.91 Å². The first-order chi connectivity index (χ1) is 9.87. The number of ether oxygens (including phenoxy) is 1. The molecule has 1 aromatic carbocycles. The lowest BCUT2D eigenvalue weighted by Gasteiger charge is -2.23. The van der Waals surface area contributed by atoms with Crippen LogP contribution in [0.15, 0.2) is 28.8 Å². The van der Waals surface area contributed by atoms with E-state index in [0.717, 1.165) is 11.1 Å². The minimum absolute atomic E-state index is 0.00810. The molecular weight excluding hydrogens is 345 g/mol. The molecule has 1 aliphatic rings. The molecule has 0 aliphatic carbocycles. The van der Waals surface area contributed by atoms with Crippen LogP contribution in [-0.4, -0.2) is 30.6 Å². The van der Waals surface area contributed by atoms with Crippen molar-refractivity contribution in [2.45, 2.75) is 12.5 Å². The van der Waals surface area contributed by atoms with Gasteiger partial charge in [-0.25, -0.2) is 9.18 Å². The molecule has 1 N–H and O–H groups in total. The quantitative estimate of drug-likeness (QED) is 0.661. The molecule has 0 bridgehead atoms. The Morgan fingerprint density at radius 1 is 1.57 bits per heavy atom. The van der Waals surface area contributed by atoms with E-state index in [1.165, 1.54) is 24.1 Å². The zero-order valence-electron chi connectivity index (χ0n) is 11.4. The summed E-state index contributed by atoms with van der Waals surface area (Å²) in [5.74, 6) is -2.22. The number of halogens is 2. The molecule has 2 rings (SSSR count). The molecule has 0 fully saturated rings. The molecule has 5 nitrogen and oxygen atoms in total. The number of hydrogen-bond donors (Lipinski definition) is 1. The maximum Gasteiger partial charge on any atom is 0.338 e. The van der Waals surface area contributed by atoms with Crippen molar-refractivity contribution in [1.82, 2.24) is 0 Å². The molecule has 0 spiro atoms. The van der Waals surface area contributed by atoms with Crippen LogP contribution in [0.2, 0.25) is 0 Å². The van der Waals surface area contributed by atoms with Crippen LogP contribution in [0.25, 0.3) is 0 Å². The van der Waals surface area contributed by atoms with E-state index in [1.54, 1.807) is 6.92 Å². The number of esters is 1. The Morgan fingerprint density at radius 3 is 2.81 bits per heavy atom. The highest BCUT2D eigenvalue weighted by Crippen LogP contribution is 2.44. The van der Waals surface area contributed by atoms with Gasteiger partial charge in [0.05, 0.1) is 17.9 Å². The van der Waals surface area contributed by atoms with E-state index in [1.807, 2.05) is 0 Å². The second kappa shape index (κ2) is 5.57. The van der Waals surface area contributed by atoms with Gasteiger partial charge in [-0.1, -0.05) is 15.9 Å². The summed E-state index contributed by atoms with van der Waals surface area (Å²) in [5.41, 5.74) is -2.23. The maximum atomic E-state index is 13.5. The second-order valence-electron chi connectivity index (χ2n) is 4.48. The van der Waals surface area contributed by atoms with Gasteiger partial charge in [-0.05, 0) is 30.1 Å². The lowest BCUT2D eigenvalue weighted by atomic mass is 9.88. The first-order valence-electron chi connectivity index (χ1n) is 6.16. The number of benzene rings is 1. The van der Waals surface area contributed by atoms with E-state index in [9.17, 15) is 19.1 Å². The number of rotatable bonds is 3. The van der Waals surface area contributed by atoms with Crippen molar-refractivity contribution < 1.29 is 23.8 Å². The average Bonchev–Trinajstić information content (AvgIpc) is 2.63. The highest BCUT2D eigenvalue weighted by atomic mass is 79.9. The SMILES string of the molecule is CCOC(=O)/C(=C\Br)C1(O)C(=O)N(C)c2ccc(F)cc21. The fourth-order valence-electron chi connectivity index (χ4n) is 2.30. The third-order valence-electron chi connectivity index (χ3n) is 3.32. The number of carbonyl (C=O) groups is 2. The lowest BCUT2D eigenvalue weighted by Crippen LogP contribution is -2.42. The molecule has 0 aromatic heterocycles. The Hall–Kier alpha value is -1.73. The number of carbonyl (C=O) groups excluding carboxylic acids is 2. The number of fused-ring (bicyclic) bond motifs is 1. The molecule has 1 aliphatic heterocycles. The average molecular weight is 358 g/mol. The van der Waals surface area contributed by atoms with E-state index in [2.05, 4.69) is 15.9 Å². The summed E-state index contributed by atoms with van der Waals surface area (Å²) in [6, 6.07) is 3.58. The number of hydrogen-bond acceptors (Lipinski definition) is 4. The van der Waals surface area contributed by atoms with Crippen LogP contribution in [0.1, 0.15) is 12.5 Å². The van der Waals surface area contributed by atoms with Crippen molar-refractivity contribution in [3.05, 3.63) is 40.1 Å². The molecule has 1 amide bonds. The van der Waals surface area contributed by atoms with Crippen LogP contribution in [0.4, 0.5) is 10.1 Å². The minimum Gasteiger partial charge on any atom is -0.463 e. The first kappa shape index (κ1) is 15.7. The molecule has 0 saturated heterocycles. The second-order valence-corrected chi connectivity index (χ2v) is 4.94. The van der Waals surface area contributed by atoms with Crippen molar-refractivity contribution in [3.8, 4) is 0 Å². The Morgan fingerprint density at radius 2 is 2.24 bits per heavy atom. The topological polar surface area (TPSA) is 66.8 Å². The molecule has 0 radical (unpaired) electrons. The predicted molar refractivity (Wildman–Crippen MR) is 77.3 cm³/mol. The van der Waals surface area contributed by atoms with Gasteiger partial charge < -0.3 is 14.7 Å². The van der Waals surface area contributed by atoms with Gasteiger partial charge in [-0.2, -0.15) is 0 Å². The van der Waals surface area contributed by atoms with Gasteiger partial charge in [-0.3, -0.25) is 4.79 Å². The van der Waals surface area contributed by atoms with Crippen LogP contribution < -0.4 is 4.90 Å². The number of amides is 1. The van der Waals surface area contributed by atoms with Crippen LogP contribution in [0.5, 0.6) is 0 Å². The fraction of sp³-hybridized carbons (Fsp3) is 0.286. The third-order valence-corrected chi connectivity index (χ3v) is 3.78. The monoisotopic (exact) mass is 357 g/mol. The molecule has 112 valence electrons. The Balaban J connectivity index is 2.64. The molecule has 7 heteroatoms. The largest absolute Gasteiger partial charge is 0.463 e. The van der Waals surface area contributed by atoms with Crippen molar-refractivity contribution in [2.24, 2.45) is 0 Å². The minimum atomic E-state index is -2.28. The van der Waals surface area contributed by atoms with E-state index >= 15 is 0 Å². The van der Waals surface area contributed by atoms with Crippen LogP contribution in [-0.2, 0) is 19.9 Å². The molecular formula is C14H13BrFNO4. The van der Waals surface area contributed by atoms with Crippen molar-refractivity contribution in [2.75, 3.05) is 18.6 Å². The standard InChI is InChI=1S/C14H13BrFNO4/c1-3-21-12(18)10(7-15)14(20)9-6-8(16)4-5-11(9)17(2)13(14)19/h4-7,20H,3H2,1-2H3/b10-7+. The molecule has 1 aromatic rings. The predicted octanol–water partition coefficient (Wildman–Crippen LogP) is 1.83. The summed E-state index contributed by atoms with van der Waals surface area (Å²) in [6.07, 6.45) is 0. The fourth-order valence-corrected chi connectivity index (χ4v) is 2.82. The molecule has 21 heavy (non-hydrogen) atoms. The molecule has 1 unspecified atom stereocenters. The molecule has 1 atom stereocenters. The van der Waals surface area contributed by atoms with Crippen molar-refractivity contribution in [1.29, 1.82) is 0 Å². The van der Waals surface area contributed by atoms with Gasteiger partial charge in [0.15, 0.2) is 0 Å². The van der Waals surface area contributed by atoms with E-state index < -0.39 is 23.3 Å². The van der Waals surface area contributed by atoms with E-state index in [4.69, 9.17) is 4.74 Å². The van der Waals surface area contributed by atoms with Crippen LogP contribution in [0, 0.1) is 5.82 Å². The summed E-state index contributed by atoms with van der Waals surface area (Å²) in [6.45, 7) is 1.68. The summed E-state index contributed by atoms with van der Waals surface area (Å²) in [5, 5.41) is 10.8. The molecule has 0 saturated carbocycles. The number of likely N-dealkylation sites (N-methyl/N-ethyl adjacent to an activating group) is 1. The highest BCUT2D eigenvalue weighted by Gasteiger charge is 2.53. The lowest BCUT2D eigenvalue weighted by molar-refractivity contribution is -0.145. The van der Waals surface area contributed by atoms with Gasteiger partial charge in [0.1, 0.15) is 5.82 Å². The Bertz CT molecular complexity index is 646. The van der Waals surface area contributed by atoms with Crippen molar-refractivity contribution in [3.63, 3.8) is 0 Å². The molecule has 1 heterocycles. The zero-order chi connectivity index (χ0) is 15.8. The van der Waals surface area contributed by atoms with Gasteiger partial charge in [0.2, 0.25) is 5.60 Å². The summed E-state index contributed by atoms with van der Waals surface area (Å²) in [4.78, 5) is 26.6. The summed E-state index contributed by atoms with van der Waals surface area (Å²) in [7, 11) is 1.44. The van der Waals surface area contributed by atoms with Gasteiger partial charge in [0, 0.05) is 12.6 Å². The number of aliphatic hydroxyl groups is 1. The number of anilines is 1. The summed E-state index contributed by atoms with van der Waals surface area (Å²) < 4.78 is 18.3. The first-order valence-corrected chi connectivity index (χ1v) is 7.08. The highest BCUT2D eigenvalue weighted by molar-refractivity contribution is 9.11. The van der Waals surface area contributed by atoms with Crippen molar-refractivity contribution >= 4 is 33.5 Å². The Kier molecular flexibility index (Phi) is 4.15. The van der Waals surface area contributed by atoms with Crippen LogP contribution >= 0.6 is 15.9 Å². The van der Waals surface area contributed by atoms with E-state index in [-0.39, 0.29) is 17.7 Å². The Labute approximate surface area is 129 Å². The maximum absolute atomic E-state index is 13.5.